The average Bonchev–Trinajstić information content (AvgIpc) is 3.46. The third kappa shape index (κ3) is 6.14. The monoisotopic (exact) mass is 490 g/mol. The SMILES string of the molecule is Cc1cccc(-c2nc(CCOc3cccc([C@@H]4CN(C(=O)OCC(C)C)CC4C=O)c3)c(C)o2)c1. The van der Waals surface area contributed by atoms with Gasteiger partial charge in [0, 0.05) is 36.9 Å². The van der Waals surface area contributed by atoms with Crippen molar-refractivity contribution in [2.24, 2.45) is 11.8 Å². The van der Waals surface area contributed by atoms with E-state index in [1.54, 1.807) is 4.90 Å². The summed E-state index contributed by atoms with van der Waals surface area (Å²) in [5.74, 6) is 2.02. The molecule has 1 unspecified atom stereocenters. The van der Waals surface area contributed by atoms with Crippen LogP contribution in [0.3, 0.4) is 0 Å². The average molecular weight is 491 g/mol. The summed E-state index contributed by atoms with van der Waals surface area (Å²) >= 11 is 0. The van der Waals surface area contributed by atoms with Gasteiger partial charge in [0.1, 0.15) is 17.8 Å². The lowest BCUT2D eigenvalue weighted by Crippen LogP contribution is -2.30. The number of aryl methyl sites for hydroxylation is 2. The maximum atomic E-state index is 12.4. The molecular formula is C29H34N2O5. The normalized spacial score (nSPS) is 17.4. The summed E-state index contributed by atoms with van der Waals surface area (Å²) in [4.78, 5) is 30.5. The molecule has 1 fully saturated rings. The van der Waals surface area contributed by atoms with Crippen molar-refractivity contribution in [1.82, 2.24) is 9.88 Å². The van der Waals surface area contributed by atoms with Crippen molar-refractivity contribution in [2.75, 3.05) is 26.3 Å². The second-order valence-electron chi connectivity index (χ2n) is 9.84. The van der Waals surface area contributed by atoms with E-state index < -0.39 is 0 Å². The minimum absolute atomic E-state index is 0.0904. The van der Waals surface area contributed by atoms with Gasteiger partial charge in [-0.2, -0.15) is 0 Å². The van der Waals surface area contributed by atoms with Crippen molar-refractivity contribution in [2.45, 2.75) is 40.0 Å². The molecule has 0 aliphatic carbocycles. The van der Waals surface area contributed by atoms with Gasteiger partial charge in [0.25, 0.3) is 0 Å². The van der Waals surface area contributed by atoms with E-state index in [-0.39, 0.29) is 23.8 Å². The third-order valence-electron chi connectivity index (χ3n) is 6.39. The predicted molar refractivity (Wildman–Crippen MR) is 137 cm³/mol. The summed E-state index contributed by atoms with van der Waals surface area (Å²) in [6.45, 7) is 9.57. The highest BCUT2D eigenvalue weighted by molar-refractivity contribution is 5.70. The number of aromatic nitrogens is 1. The Morgan fingerprint density at radius 3 is 2.72 bits per heavy atom. The van der Waals surface area contributed by atoms with E-state index in [9.17, 15) is 9.59 Å². The van der Waals surface area contributed by atoms with Crippen LogP contribution in [0, 0.1) is 25.7 Å². The molecule has 4 rings (SSSR count). The molecule has 1 amide bonds. The Morgan fingerprint density at radius 1 is 1.17 bits per heavy atom. The maximum absolute atomic E-state index is 12.4. The molecule has 1 aliphatic rings. The number of rotatable bonds is 9. The molecule has 7 heteroatoms. The van der Waals surface area contributed by atoms with Gasteiger partial charge < -0.3 is 23.6 Å². The highest BCUT2D eigenvalue weighted by Crippen LogP contribution is 2.33. The molecule has 2 heterocycles. The van der Waals surface area contributed by atoms with E-state index in [1.165, 1.54) is 0 Å². The summed E-state index contributed by atoms with van der Waals surface area (Å²) in [5, 5.41) is 0. The molecule has 1 aliphatic heterocycles. The van der Waals surface area contributed by atoms with Crippen LogP contribution < -0.4 is 4.74 Å². The molecule has 2 atom stereocenters. The number of amides is 1. The first-order chi connectivity index (χ1) is 17.3. The van der Waals surface area contributed by atoms with E-state index in [4.69, 9.17) is 13.9 Å². The highest BCUT2D eigenvalue weighted by atomic mass is 16.6. The van der Waals surface area contributed by atoms with Crippen molar-refractivity contribution in [3.05, 3.63) is 71.1 Å². The molecule has 190 valence electrons. The fourth-order valence-corrected chi connectivity index (χ4v) is 4.46. The molecule has 7 nitrogen and oxygen atoms in total. The van der Waals surface area contributed by atoms with Crippen LogP contribution in [0.15, 0.2) is 52.9 Å². The summed E-state index contributed by atoms with van der Waals surface area (Å²) in [7, 11) is 0. The number of ether oxygens (including phenoxy) is 2. The van der Waals surface area contributed by atoms with Crippen LogP contribution in [0.2, 0.25) is 0 Å². The van der Waals surface area contributed by atoms with Crippen LogP contribution in [0.25, 0.3) is 11.5 Å². The number of nitrogens with zero attached hydrogens (tertiary/aromatic N) is 2. The quantitative estimate of drug-likeness (QED) is 0.364. The molecule has 0 radical (unpaired) electrons. The van der Waals surface area contributed by atoms with E-state index in [1.807, 2.05) is 70.2 Å². The zero-order chi connectivity index (χ0) is 25.7. The number of aldehydes is 1. The van der Waals surface area contributed by atoms with Crippen LogP contribution in [0.4, 0.5) is 4.79 Å². The maximum Gasteiger partial charge on any atom is 0.409 e. The molecule has 0 bridgehead atoms. The fourth-order valence-electron chi connectivity index (χ4n) is 4.46. The van der Waals surface area contributed by atoms with Gasteiger partial charge >= 0.3 is 6.09 Å². The van der Waals surface area contributed by atoms with Gasteiger partial charge in [-0.1, -0.05) is 43.7 Å². The highest BCUT2D eigenvalue weighted by Gasteiger charge is 2.37. The minimum Gasteiger partial charge on any atom is -0.493 e. The Hall–Kier alpha value is -3.61. The summed E-state index contributed by atoms with van der Waals surface area (Å²) in [6, 6.07) is 15.8. The number of hydrogen-bond donors (Lipinski definition) is 0. The van der Waals surface area contributed by atoms with Crippen LogP contribution in [0.5, 0.6) is 5.75 Å². The summed E-state index contributed by atoms with van der Waals surface area (Å²) < 4.78 is 17.3. The molecule has 0 saturated carbocycles. The van der Waals surface area contributed by atoms with Crippen molar-refractivity contribution < 1.29 is 23.5 Å². The summed E-state index contributed by atoms with van der Waals surface area (Å²) in [6.07, 6.45) is 1.19. The number of likely N-dealkylation sites (tertiary alicyclic amines) is 1. The Morgan fingerprint density at radius 2 is 1.97 bits per heavy atom. The largest absolute Gasteiger partial charge is 0.493 e. The second-order valence-corrected chi connectivity index (χ2v) is 9.84. The molecule has 1 aromatic heterocycles. The zero-order valence-electron chi connectivity index (χ0n) is 21.4. The van der Waals surface area contributed by atoms with E-state index >= 15 is 0 Å². The number of carbonyl (C=O) groups excluding carboxylic acids is 2. The van der Waals surface area contributed by atoms with Gasteiger partial charge in [-0.25, -0.2) is 9.78 Å². The van der Waals surface area contributed by atoms with Gasteiger partial charge in [0.15, 0.2) is 0 Å². The van der Waals surface area contributed by atoms with Gasteiger partial charge in [-0.05, 0) is 49.6 Å². The van der Waals surface area contributed by atoms with Gasteiger partial charge in [0.2, 0.25) is 5.89 Å². The van der Waals surface area contributed by atoms with Gasteiger partial charge in [0.05, 0.1) is 18.9 Å². The van der Waals surface area contributed by atoms with Crippen molar-refractivity contribution in [1.29, 1.82) is 0 Å². The Balaban J connectivity index is 1.37. The second kappa shape index (κ2) is 11.4. The lowest BCUT2D eigenvalue weighted by molar-refractivity contribution is -0.111. The van der Waals surface area contributed by atoms with Crippen LogP contribution >= 0.6 is 0 Å². The molecule has 2 aromatic carbocycles. The topological polar surface area (TPSA) is 81.9 Å². The van der Waals surface area contributed by atoms with Gasteiger partial charge in [-0.3, -0.25) is 0 Å². The smallest absolute Gasteiger partial charge is 0.409 e. The Bertz CT molecular complexity index is 1200. The van der Waals surface area contributed by atoms with E-state index in [0.717, 1.165) is 40.2 Å². The van der Waals surface area contributed by atoms with Crippen LogP contribution in [0.1, 0.15) is 42.3 Å². The van der Waals surface area contributed by atoms with Gasteiger partial charge in [-0.15, -0.1) is 0 Å². The third-order valence-corrected chi connectivity index (χ3v) is 6.39. The fraction of sp³-hybridized carbons (Fsp3) is 0.414. The lowest BCUT2D eigenvalue weighted by atomic mass is 9.90. The van der Waals surface area contributed by atoms with E-state index in [0.29, 0.717) is 38.6 Å². The Kier molecular flexibility index (Phi) is 8.08. The molecular weight excluding hydrogens is 456 g/mol. The summed E-state index contributed by atoms with van der Waals surface area (Å²) in [5.41, 5.74) is 3.96. The van der Waals surface area contributed by atoms with Crippen LogP contribution in [-0.4, -0.2) is 48.6 Å². The van der Waals surface area contributed by atoms with Crippen molar-refractivity contribution >= 4 is 12.4 Å². The van der Waals surface area contributed by atoms with Crippen molar-refractivity contribution in [3.63, 3.8) is 0 Å². The molecule has 0 spiro atoms. The molecule has 1 saturated heterocycles. The predicted octanol–water partition coefficient (Wildman–Crippen LogP) is 5.59. The lowest BCUT2D eigenvalue weighted by Gasteiger charge is -2.17. The standard InChI is InChI=1S/C29H34N2O5/c1-19(2)18-35-29(33)31-15-24(17-32)26(16-31)22-8-6-10-25(14-22)34-12-11-27-21(4)36-28(30-27)23-9-5-7-20(3)13-23/h5-10,13-14,17,19,24,26H,11-12,15-16,18H2,1-4H3/t24?,26-/m0/s1. The van der Waals surface area contributed by atoms with Crippen molar-refractivity contribution in [3.8, 4) is 17.2 Å². The van der Waals surface area contributed by atoms with Crippen LogP contribution in [-0.2, 0) is 16.0 Å². The number of carbonyl (C=O) groups is 2. The van der Waals surface area contributed by atoms with E-state index in [2.05, 4.69) is 11.1 Å². The molecule has 3 aromatic rings. The first kappa shape index (κ1) is 25.5. The first-order valence-electron chi connectivity index (χ1n) is 12.5. The first-order valence-corrected chi connectivity index (χ1v) is 12.5. The molecule has 0 N–H and O–H groups in total. The minimum atomic E-state index is -0.363. The Labute approximate surface area is 212 Å². The zero-order valence-corrected chi connectivity index (χ0v) is 21.4. The number of benzene rings is 2. The number of oxazole rings is 1. The molecule has 36 heavy (non-hydrogen) atoms. The number of hydrogen-bond acceptors (Lipinski definition) is 6.